The Labute approximate surface area is 107 Å². The van der Waals surface area contributed by atoms with E-state index in [4.69, 9.17) is 4.74 Å². The lowest BCUT2D eigenvalue weighted by Crippen LogP contribution is -2.52. The first-order valence-electron chi connectivity index (χ1n) is 6.77. The van der Waals surface area contributed by atoms with E-state index in [0.717, 1.165) is 32.8 Å². The van der Waals surface area contributed by atoms with Gasteiger partial charge in [-0.05, 0) is 48.1 Å². The predicted molar refractivity (Wildman–Crippen MR) is 73.5 cm³/mol. The molecule has 0 amide bonds. The third kappa shape index (κ3) is 4.57. The number of morpholine rings is 1. The zero-order valence-electron chi connectivity index (χ0n) is 12.5. The zero-order valence-corrected chi connectivity index (χ0v) is 12.5. The largest absolute Gasteiger partial charge is 0.379 e. The molecular weight excluding hydrogens is 212 g/mol. The van der Waals surface area contributed by atoms with Gasteiger partial charge in [0.2, 0.25) is 0 Å². The lowest BCUT2D eigenvalue weighted by atomic mass is 9.96. The van der Waals surface area contributed by atoms with Crippen molar-refractivity contribution >= 4 is 0 Å². The highest BCUT2D eigenvalue weighted by atomic mass is 16.5. The molecule has 102 valence electrons. The summed E-state index contributed by atoms with van der Waals surface area (Å²) in [6.07, 6.45) is 1.21. The average Bonchev–Trinajstić information content (AvgIpc) is 2.26. The first-order valence-corrected chi connectivity index (χ1v) is 6.77. The standard InChI is InChI=1S/C14H30N2O/c1-13(2,3)15(6)8-7-14(4,5)16-9-11-17-12-10-16/h7-12H2,1-6H3. The Hall–Kier alpha value is -0.120. The van der Waals surface area contributed by atoms with Crippen LogP contribution in [0.4, 0.5) is 0 Å². The summed E-state index contributed by atoms with van der Waals surface area (Å²) in [5.41, 5.74) is 0.546. The first kappa shape index (κ1) is 14.9. The van der Waals surface area contributed by atoms with Crippen molar-refractivity contribution in [1.29, 1.82) is 0 Å². The van der Waals surface area contributed by atoms with E-state index in [9.17, 15) is 0 Å². The molecule has 3 heteroatoms. The quantitative estimate of drug-likeness (QED) is 0.752. The fourth-order valence-corrected chi connectivity index (χ4v) is 2.10. The zero-order chi connectivity index (χ0) is 13.1. The Kier molecular flexibility index (Phi) is 4.99. The molecule has 0 spiro atoms. The fourth-order valence-electron chi connectivity index (χ4n) is 2.10. The van der Waals surface area contributed by atoms with Gasteiger partial charge in [0.15, 0.2) is 0 Å². The van der Waals surface area contributed by atoms with E-state index in [1.165, 1.54) is 6.42 Å². The van der Waals surface area contributed by atoms with Gasteiger partial charge in [-0.2, -0.15) is 0 Å². The van der Waals surface area contributed by atoms with E-state index in [-0.39, 0.29) is 11.1 Å². The van der Waals surface area contributed by atoms with E-state index >= 15 is 0 Å². The second-order valence-electron chi connectivity index (χ2n) is 6.75. The van der Waals surface area contributed by atoms with Gasteiger partial charge in [-0.15, -0.1) is 0 Å². The van der Waals surface area contributed by atoms with Gasteiger partial charge in [0, 0.05) is 30.7 Å². The van der Waals surface area contributed by atoms with Crippen LogP contribution >= 0.6 is 0 Å². The van der Waals surface area contributed by atoms with E-state index in [1.54, 1.807) is 0 Å². The minimum atomic E-state index is 0.265. The molecule has 1 aliphatic rings. The summed E-state index contributed by atoms with van der Waals surface area (Å²) in [6, 6.07) is 0. The summed E-state index contributed by atoms with van der Waals surface area (Å²) in [5.74, 6) is 0. The molecule has 1 saturated heterocycles. The Balaban J connectivity index is 2.43. The smallest absolute Gasteiger partial charge is 0.0594 e. The van der Waals surface area contributed by atoms with Gasteiger partial charge in [0.25, 0.3) is 0 Å². The average molecular weight is 242 g/mol. The molecule has 17 heavy (non-hydrogen) atoms. The number of rotatable bonds is 4. The van der Waals surface area contributed by atoms with Crippen molar-refractivity contribution in [2.45, 2.75) is 52.1 Å². The second kappa shape index (κ2) is 5.68. The minimum Gasteiger partial charge on any atom is -0.379 e. The fraction of sp³-hybridized carbons (Fsp3) is 1.00. The monoisotopic (exact) mass is 242 g/mol. The molecule has 1 heterocycles. The molecule has 0 aromatic heterocycles. The van der Waals surface area contributed by atoms with Gasteiger partial charge in [-0.25, -0.2) is 0 Å². The molecule has 0 atom stereocenters. The normalized spacial score (nSPS) is 19.9. The summed E-state index contributed by atoms with van der Waals surface area (Å²) < 4.78 is 5.42. The highest BCUT2D eigenvalue weighted by Crippen LogP contribution is 2.22. The molecule has 0 saturated carbocycles. The maximum atomic E-state index is 5.42. The number of nitrogens with zero attached hydrogens (tertiary/aromatic N) is 2. The summed E-state index contributed by atoms with van der Waals surface area (Å²) in [6.45, 7) is 16.6. The van der Waals surface area contributed by atoms with Crippen molar-refractivity contribution < 1.29 is 4.74 Å². The summed E-state index contributed by atoms with van der Waals surface area (Å²) in [5, 5.41) is 0. The topological polar surface area (TPSA) is 15.7 Å². The SMILES string of the molecule is CN(CCC(C)(C)N1CCOCC1)C(C)(C)C. The molecule has 0 unspecified atom stereocenters. The molecule has 0 aromatic rings. The Morgan fingerprint density at radius 2 is 1.59 bits per heavy atom. The van der Waals surface area contributed by atoms with Crippen LogP contribution in [0.25, 0.3) is 0 Å². The van der Waals surface area contributed by atoms with Crippen molar-refractivity contribution in [2.24, 2.45) is 0 Å². The molecule has 1 aliphatic heterocycles. The van der Waals surface area contributed by atoms with Crippen LogP contribution in [0, 0.1) is 0 Å². The van der Waals surface area contributed by atoms with E-state index < -0.39 is 0 Å². The van der Waals surface area contributed by atoms with E-state index in [1.807, 2.05) is 0 Å². The van der Waals surface area contributed by atoms with Crippen LogP contribution in [0.2, 0.25) is 0 Å². The van der Waals surface area contributed by atoms with Crippen molar-refractivity contribution in [1.82, 2.24) is 9.80 Å². The predicted octanol–water partition coefficient (Wildman–Crippen LogP) is 2.22. The Morgan fingerprint density at radius 3 is 2.06 bits per heavy atom. The van der Waals surface area contributed by atoms with Gasteiger partial charge in [0.1, 0.15) is 0 Å². The molecular formula is C14H30N2O. The van der Waals surface area contributed by atoms with Gasteiger partial charge in [-0.1, -0.05) is 0 Å². The van der Waals surface area contributed by atoms with Crippen molar-refractivity contribution in [3.05, 3.63) is 0 Å². The van der Waals surface area contributed by atoms with Gasteiger partial charge in [0.05, 0.1) is 13.2 Å². The van der Waals surface area contributed by atoms with Crippen LogP contribution in [-0.4, -0.2) is 60.8 Å². The van der Waals surface area contributed by atoms with Crippen molar-refractivity contribution in [3.8, 4) is 0 Å². The molecule has 0 aromatic carbocycles. The van der Waals surface area contributed by atoms with Gasteiger partial charge in [-0.3, -0.25) is 4.90 Å². The molecule has 0 radical (unpaired) electrons. The van der Waals surface area contributed by atoms with Crippen LogP contribution in [0.3, 0.4) is 0 Å². The van der Waals surface area contributed by atoms with Gasteiger partial charge >= 0.3 is 0 Å². The highest BCUT2D eigenvalue weighted by molar-refractivity contribution is 4.85. The third-order valence-electron chi connectivity index (χ3n) is 4.07. The molecule has 1 rings (SSSR count). The molecule has 0 bridgehead atoms. The minimum absolute atomic E-state index is 0.265. The number of ether oxygens (including phenoxy) is 1. The van der Waals surface area contributed by atoms with Gasteiger partial charge < -0.3 is 9.64 Å². The van der Waals surface area contributed by atoms with E-state index in [0.29, 0.717) is 0 Å². The molecule has 0 N–H and O–H groups in total. The van der Waals surface area contributed by atoms with Crippen molar-refractivity contribution in [2.75, 3.05) is 39.9 Å². The third-order valence-corrected chi connectivity index (χ3v) is 4.07. The van der Waals surface area contributed by atoms with Crippen molar-refractivity contribution in [3.63, 3.8) is 0 Å². The molecule has 0 aliphatic carbocycles. The maximum absolute atomic E-state index is 5.42. The summed E-state index contributed by atoms with van der Waals surface area (Å²) in [7, 11) is 2.22. The van der Waals surface area contributed by atoms with Crippen LogP contribution in [0.1, 0.15) is 41.0 Å². The molecule has 3 nitrogen and oxygen atoms in total. The van der Waals surface area contributed by atoms with Crippen LogP contribution in [0.5, 0.6) is 0 Å². The Morgan fingerprint density at radius 1 is 1.06 bits per heavy atom. The van der Waals surface area contributed by atoms with E-state index in [2.05, 4.69) is 51.5 Å². The summed E-state index contributed by atoms with van der Waals surface area (Å²) in [4.78, 5) is 5.00. The molecule has 1 fully saturated rings. The number of hydrogen-bond acceptors (Lipinski definition) is 3. The van der Waals surface area contributed by atoms with Crippen LogP contribution < -0.4 is 0 Å². The first-order chi connectivity index (χ1) is 7.73. The highest BCUT2D eigenvalue weighted by Gasteiger charge is 2.29. The Bertz CT molecular complexity index is 227. The van der Waals surface area contributed by atoms with Crippen LogP contribution in [-0.2, 0) is 4.74 Å². The van der Waals surface area contributed by atoms with Crippen LogP contribution in [0.15, 0.2) is 0 Å². The lowest BCUT2D eigenvalue weighted by Gasteiger charge is -2.43. The second-order valence-corrected chi connectivity index (χ2v) is 6.75. The maximum Gasteiger partial charge on any atom is 0.0594 e. The summed E-state index contributed by atoms with van der Waals surface area (Å²) >= 11 is 0. The lowest BCUT2D eigenvalue weighted by molar-refractivity contribution is -0.0172. The number of hydrogen-bond donors (Lipinski definition) is 0.